The lowest BCUT2D eigenvalue weighted by molar-refractivity contribution is -0.143. The van der Waals surface area contributed by atoms with E-state index in [1.54, 1.807) is 0 Å². The van der Waals surface area contributed by atoms with Gasteiger partial charge < -0.3 is 20.4 Å². The Morgan fingerprint density at radius 3 is 2.19 bits per heavy atom. The van der Waals surface area contributed by atoms with Gasteiger partial charge in [-0.05, 0) is 26.9 Å². The van der Waals surface area contributed by atoms with Gasteiger partial charge in [0.25, 0.3) is 0 Å². The molecule has 0 bridgehead atoms. The first-order valence-corrected chi connectivity index (χ1v) is 7.96. The first-order valence-electron chi connectivity index (χ1n) is 7.96. The van der Waals surface area contributed by atoms with E-state index >= 15 is 0 Å². The van der Waals surface area contributed by atoms with Crippen molar-refractivity contribution >= 4 is 11.8 Å². The Labute approximate surface area is 127 Å². The fourth-order valence-corrected chi connectivity index (χ4v) is 3.25. The number of nitrogens with two attached hydrogens (primary N) is 1. The number of carbonyl (C=O) groups excluding carboxylic acids is 2. The molecule has 1 saturated heterocycles. The molecule has 1 aliphatic heterocycles. The van der Waals surface area contributed by atoms with Crippen molar-refractivity contribution in [1.82, 2.24) is 14.7 Å². The molecule has 0 aromatic heterocycles. The van der Waals surface area contributed by atoms with Crippen LogP contribution in [0.1, 0.15) is 25.7 Å². The molecule has 0 radical (unpaired) electrons. The molecule has 1 heterocycles. The lowest BCUT2D eigenvalue weighted by atomic mass is 9.84. The van der Waals surface area contributed by atoms with Crippen molar-refractivity contribution in [2.24, 2.45) is 11.7 Å². The number of carbonyl (C=O) groups is 2. The predicted molar refractivity (Wildman–Crippen MR) is 81.6 cm³/mol. The summed E-state index contributed by atoms with van der Waals surface area (Å²) in [6.07, 6.45) is 4.11. The van der Waals surface area contributed by atoms with Gasteiger partial charge in [-0.2, -0.15) is 0 Å². The molecule has 21 heavy (non-hydrogen) atoms. The van der Waals surface area contributed by atoms with Crippen LogP contribution >= 0.6 is 0 Å². The highest BCUT2D eigenvalue weighted by atomic mass is 16.2. The van der Waals surface area contributed by atoms with Crippen LogP contribution in [0.2, 0.25) is 0 Å². The second-order valence-electron chi connectivity index (χ2n) is 6.50. The summed E-state index contributed by atoms with van der Waals surface area (Å²) in [6.45, 7) is 2.99. The van der Waals surface area contributed by atoms with Gasteiger partial charge in [-0.1, -0.05) is 12.8 Å². The van der Waals surface area contributed by atoms with Gasteiger partial charge in [0.2, 0.25) is 11.8 Å². The van der Waals surface area contributed by atoms with E-state index in [-0.39, 0.29) is 23.8 Å². The Bertz CT molecular complexity index is 378. The van der Waals surface area contributed by atoms with Crippen LogP contribution < -0.4 is 5.73 Å². The summed E-state index contributed by atoms with van der Waals surface area (Å²) in [7, 11) is 3.78. The number of rotatable bonds is 3. The number of likely N-dealkylation sites (N-methyl/N-ethyl adjacent to an activating group) is 1. The highest BCUT2D eigenvalue weighted by molar-refractivity contribution is 5.81. The van der Waals surface area contributed by atoms with Crippen LogP contribution in [-0.2, 0) is 9.59 Å². The topological polar surface area (TPSA) is 69.9 Å². The largest absolute Gasteiger partial charge is 0.339 e. The Morgan fingerprint density at radius 2 is 1.62 bits per heavy atom. The number of piperazine rings is 1. The van der Waals surface area contributed by atoms with Crippen LogP contribution in [-0.4, -0.2) is 79.4 Å². The molecule has 1 aliphatic carbocycles. The van der Waals surface area contributed by atoms with Gasteiger partial charge in [0.15, 0.2) is 0 Å². The van der Waals surface area contributed by atoms with Crippen LogP contribution in [0.15, 0.2) is 0 Å². The van der Waals surface area contributed by atoms with Gasteiger partial charge in [0.1, 0.15) is 0 Å². The summed E-state index contributed by atoms with van der Waals surface area (Å²) in [5.41, 5.74) is 6.10. The molecule has 2 amide bonds. The van der Waals surface area contributed by atoms with Crippen molar-refractivity contribution in [1.29, 1.82) is 0 Å². The minimum absolute atomic E-state index is 0.0113. The first kappa shape index (κ1) is 16.2. The summed E-state index contributed by atoms with van der Waals surface area (Å²) < 4.78 is 0. The van der Waals surface area contributed by atoms with Crippen LogP contribution in [0.5, 0.6) is 0 Å². The quantitative estimate of drug-likeness (QED) is 0.779. The molecule has 120 valence electrons. The number of amides is 2. The fourth-order valence-electron chi connectivity index (χ4n) is 3.25. The van der Waals surface area contributed by atoms with Crippen molar-refractivity contribution in [3.8, 4) is 0 Å². The SMILES string of the molecule is CN(C)CC(=O)N1CCN(C(=O)C2CCCCC2N)CC1. The third-order valence-electron chi connectivity index (χ3n) is 4.53. The minimum Gasteiger partial charge on any atom is -0.339 e. The van der Waals surface area contributed by atoms with E-state index in [0.29, 0.717) is 32.7 Å². The van der Waals surface area contributed by atoms with Crippen LogP contribution in [0.4, 0.5) is 0 Å². The second-order valence-corrected chi connectivity index (χ2v) is 6.50. The maximum Gasteiger partial charge on any atom is 0.236 e. The van der Waals surface area contributed by atoms with E-state index in [2.05, 4.69) is 0 Å². The molecule has 2 rings (SSSR count). The normalized spacial score (nSPS) is 27.0. The lowest BCUT2D eigenvalue weighted by Gasteiger charge is -2.38. The lowest BCUT2D eigenvalue weighted by Crippen LogP contribution is -2.55. The molecule has 2 N–H and O–H groups in total. The molecule has 6 heteroatoms. The van der Waals surface area contributed by atoms with E-state index in [1.165, 1.54) is 0 Å². The van der Waals surface area contributed by atoms with Crippen LogP contribution in [0, 0.1) is 5.92 Å². The Morgan fingerprint density at radius 1 is 1.05 bits per heavy atom. The van der Waals surface area contributed by atoms with E-state index < -0.39 is 0 Å². The van der Waals surface area contributed by atoms with Crippen molar-refractivity contribution in [3.63, 3.8) is 0 Å². The molecule has 2 atom stereocenters. The average Bonchev–Trinajstić information content (AvgIpc) is 2.46. The third-order valence-corrected chi connectivity index (χ3v) is 4.53. The first-order chi connectivity index (χ1) is 9.99. The van der Waals surface area contributed by atoms with Crippen molar-refractivity contribution in [2.45, 2.75) is 31.7 Å². The number of hydrogen-bond donors (Lipinski definition) is 1. The zero-order valence-corrected chi connectivity index (χ0v) is 13.3. The van der Waals surface area contributed by atoms with Crippen molar-refractivity contribution < 1.29 is 9.59 Å². The molecule has 2 unspecified atom stereocenters. The minimum atomic E-state index is -0.0113. The Hall–Kier alpha value is -1.14. The maximum atomic E-state index is 12.6. The summed E-state index contributed by atoms with van der Waals surface area (Å²) in [4.78, 5) is 30.2. The van der Waals surface area contributed by atoms with Crippen molar-refractivity contribution in [2.75, 3.05) is 46.8 Å². The standard InChI is InChI=1S/C15H28N4O2/c1-17(2)11-14(20)18-7-9-19(10-8-18)15(21)12-5-3-4-6-13(12)16/h12-13H,3-11,16H2,1-2H3. The highest BCUT2D eigenvalue weighted by Crippen LogP contribution is 2.25. The molecular weight excluding hydrogens is 268 g/mol. The zero-order chi connectivity index (χ0) is 15.4. The van der Waals surface area contributed by atoms with Gasteiger partial charge in [0.05, 0.1) is 12.5 Å². The van der Waals surface area contributed by atoms with Crippen molar-refractivity contribution in [3.05, 3.63) is 0 Å². The monoisotopic (exact) mass is 296 g/mol. The molecular formula is C15H28N4O2. The average molecular weight is 296 g/mol. The smallest absolute Gasteiger partial charge is 0.236 e. The predicted octanol–water partition coefficient (Wildman–Crippen LogP) is -0.264. The molecule has 1 saturated carbocycles. The molecule has 2 fully saturated rings. The van der Waals surface area contributed by atoms with Crippen LogP contribution in [0.25, 0.3) is 0 Å². The summed E-state index contributed by atoms with van der Waals surface area (Å²) in [5.74, 6) is 0.325. The molecule has 0 aromatic carbocycles. The Balaban J connectivity index is 1.83. The summed E-state index contributed by atoms with van der Waals surface area (Å²) >= 11 is 0. The zero-order valence-electron chi connectivity index (χ0n) is 13.3. The molecule has 0 spiro atoms. The van der Waals surface area contributed by atoms with E-state index in [0.717, 1.165) is 25.7 Å². The second kappa shape index (κ2) is 7.22. The van der Waals surface area contributed by atoms with Gasteiger partial charge in [-0.3, -0.25) is 9.59 Å². The van der Waals surface area contributed by atoms with E-state index in [9.17, 15) is 9.59 Å². The summed E-state index contributed by atoms with van der Waals surface area (Å²) in [5, 5.41) is 0. The highest BCUT2D eigenvalue weighted by Gasteiger charge is 2.33. The summed E-state index contributed by atoms with van der Waals surface area (Å²) in [6, 6.07) is 0.0136. The van der Waals surface area contributed by atoms with Gasteiger partial charge >= 0.3 is 0 Å². The number of nitrogens with zero attached hydrogens (tertiary/aromatic N) is 3. The third kappa shape index (κ3) is 4.17. The van der Waals surface area contributed by atoms with E-state index in [1.807, 2.05) is 28.8 Å². The Kier molecular flexibility index (Phi) is 5.58. The molecule has 2 aliphatic rings. The number of hydrogen-bond acceptors (Lipinski definition) is 4. The van der Waals surface area contributed by atoms with Crippen LogP contribution in [0.3, 0.4) is 0 Å². The molecule has 0 aromatic rings. The maximum absolute atomic E-state index is 12.6. The fraction of sp³-hybridized carbons (Fsp3) is 0.867. The van der Waals surface area contributed by atoms with Gasteiger partial charge in [0, 0.05) is 32.2 Å². The van der Waals surface area contributed by atoms with Gasteiger partial charge in [-0.15, -0.1) is 0 Å². The van der Waals surface area contributed by atoms with E-state index in [4.69, 9.17) is 5.73 Å². The molecule has 6 nitrogen and oxygen atoms in total. The van der Waals surface area contributed by atoms with Gasteiger partial charge in [-0.25, -0.2) is 0 Å².